The number of nitro groups is 1. The SMILES string of the molecule is Cc1cc(C(F)(F)C(F)(F)C(F)(F)F)cnc1NC(=O)c1cc([N+](=O)[O-])ccc1Sc1nnnn1C. The van der Waals surface area contributed by atoms with Gasteiger partial charge in [0.05, 0.1) is 10.5 Å². The van der Waals surface area contributed by atoms with E-state index in [2.05, 4.69) is 25.8 Å². The zero-order valence-corrected chi connectivity index (χ0v) is 18.7. The summed E-state index contributed by atoms with van der Waals surface area (Å²) in [6.07, 6.45) is -6.47. The summed E-state index contributed by atoms with van der Waals surface area (Å²) in [4.78, 5) is 26.8. The van der Waals surface area contributed by atoms with E-state index in [1.165, 1.54) is 17.8 Å². The zero-order chi connectivity index (χ0) is 27.1. The number of nitrogens with zero attached hydrogens (tertiary/aromatic N) is 6. The molecule has 0 aliphatic heterocycles. The fourth-order valence-electron chi connectivity index (χ4n) is 2.72. The number of aromatic nitrogens is 5. The van der Waals surface area contributed by atoms with E-state index in [0.29, 0.717) is 6.07 Å². The van der Waals surface area contributed by atoms with Crippen molar-refractivity contribution in [2.75, 3.05) is 5.32 Å². The number of hydrogen-bond donors (Lipinski definition) is 1. The van der Waals surface area contributed by atoms with Crippen molar-refractivity contribution in [1.29, 1.82) is 0 Å². The van der Waals surface area contributed by atoms with Crippen LogP contribution in [0.2, 0.25) is 0 Å². The Hall–Kier alpha value is -3.83. The van der Waals surface area contributed by atoms with E-state index in [1.807, 2.05) is 0 Å². The van der Waals surface area contributed by atoms with Crippen molar-refractivity contribution in [3.63, 3.8) is 0 Å². The molecule has 2 aromatic heterocycles. The number of nitrogens with one attached hydrogen (secondary N) is 1. The monoisotopic (exact) mass is 539 g/mol. The molecule has 3 rings (SSSR count). The Morgan fingerprint density at radius 2 is 1.81 bits per heavy atom. The highest BCUT2D eigenvalue weighted by Crippen LogP contribution is 2.51. The van der Waals surface area contributed by atoms with Gasteiger partial charge in [-0.3, -0.25) is 14.9 Å². The molecule has 0 bridgehead atoms. The number of tetrazole rings is 1. The molecule has 0 atom stereocenters. The van der Waals surface area contributed by atoms with Crippen LogP contribution in [0.15, 0.2) is 40.5 Å². The van der Waals surface area contributed by atoms with Gasteiger partial charge in [0.1, 0.15) is 5.82 Å². The predicted octanol–water partition coefficient (Wildman–Crippen LogP) is 4.51. The molecular weight excluding hydrogens is 527 g/mol. The lowest BCUT2D eigenvalue weighted by atomic mass is 10.0. The summed E-state index contributed by atoms with van der Waals surface area (Å²) in [6.45, 7) is 1.03. The molecule has 0 aliphatic rings. The smallest absolute Gasteiger partial charge is 0.306 e. The molecule has 192 valence electrons. The quantitative estimate of drug-likeness (QED) is 0.264. The molecule has 1 N–H and O–H groups in total. The number of carbonyl (C=O) groups excluding carboxylic acids is 1. The van der Waals surface area contributed by atoms with Crippen molar-refractivity contribution in [1.82, 2.24) is 25.2 Å². The normalized spacial score (nSPS) is 12.5. The van der Waals surface area contributed by atoms with Gasteiger partial charge >= 0.3 is 18.0 Å². The fourth-order valence-corrected chi connectivity index (χ4v) is 3.56. The molecule has 0 unspecified atom stereocenters. The van der Waals surface area contributed by atoms with Crippen LogP contribution in [-0.2, 0) is 13.0 Å². The lowest BCUT2D eigenvalue weighted by molar-refractivity contribution is -0.384. The molecule has 0 aliphatic carbocycles. The number of nitro benzene ring substituents is 1. The summed E-state index contributed by atoms with van der Waals surface area (Å²) in [6, 6.07) is 3.56. The van der Waals surface area contributed by atoms with E-state index in [1.54, 1.807) is 0 Å². The first-order chi connectivity index (χ1) is 16.6. The number of hydrogen-bond acceptors (Lipinski definition) is 8. The number of non-ortho nitro benzene ring substituents is 1. The molecule has 36 heavy (non-hydrogen) atoms. The van der Waals surface area contributed by atoms with Gasteiger partial charge in [-0.05, 0) is 46.8 Å². The van der Waals surface area contributed by atoms with Crippen molar-refractivity contribution in [2.24, 2.45) is 7.05 Å². The van der Waals surface area contributed by atoms with E-state index < -0.39 is 45.9 Å². The van der Waals surface area contributed by atoms with Crippen LogP contribution in [0, 0.1) is 17.0 Å². The molecule has 3 aromatic rings. The molecule has 0 spiro atoms. The van der Waals surface area contributed by atoms with E-state index >= 15 is 0 Å². The number of aryl methyl sites for hydroxylation is 2. The summed E-state index contributed by atoms with van der Waals surface area (Å²) < 4.78 is 93.3. The van der Waals surface area contributed by atoms with Crippen LogP contribution in [0.4, 0.5) is 42.2 Å². The highest BCUT2D eigenvalue weighted by Gasteiger charge is 2.73. The third-order valence-electron chi connectivity index (χ3n) is 4.62. The summed E-state index contributed by atoms with van der Waals surface area (Å²) in [7, 11) is 1.49. The van der Waals surface area contributed by atoms with Gasteiger partial charge in [-0.2, -0.15) is 30.7 Å². The van der Waals surface area contributed by atoms with Crippen molar-refractivity contribution in [2.45, 2.75) is 35.0 Å². The molecule has 0 saturated heterocycles. The van der Waals surface area contributed by atoms with Crippen LogP contribution in [0.5, 0.6) is 0 Å². The maximum absolute atomic E-state index is 14.0. The summed E-state index contributed by atoms with van der Waals surface area (Å²) in [5, 5.41) is 24.3. The van der Waals surface area contributed by atoms with E-state index in [-0.39, 0.29) is 27.4 Å². The second kappa shape index (κ2) is 9.32. The first-order valence-electron chi connectivity index (χ1n) is 9.35. The minimum absolute atomic E-state index is 0.0661. The minimum atomic E-state index is -6.54. The lowest BCUT2D eigenvalue weighted by Crippen LogP contribution is -2.50. The Kier molecular flexibility index (Phi) is 6.93. The average Bonchev–Trinajstić information content (AvgIpc) is 3.18. The Morgan fingerprint density at radius 1 is 1.14 bits per heavy atom. The number of halogens is 7. The molecule has 2 heterocycles. The highest BCUT2D eigenvalue weighted by molar-refractivity contribution is 7.99. The molecular formula is C18H12F7N7O3S. The number of anilines is 1. The Balaban J connectivity index is 1.95. The number of rotatable bonds is 7. The van der Waals surface area contributed by atoms with Crippen LogP contribution < -0.4 is 5.32 Å². The van der Waals surface area contributed by atoms with Crippen molar-refractivity contribution >= 4 is 29.2 Å². The molecule has 0 radical (unpaired) electrons. The van der Waals surface area contributed by atoms with Crippen LogP contribution >= 0.6 is 11.8 Å². The molecule has 0 saturated carbocycles. The van der Waals surface area contributed by atoms with Crippen LogP contribution in [-0.4, -0.2) is 48.1 Å². The third-order valence-corrected chi connectivity index (χ3v) is 5.73. The fraction of sp³-hybridized carbons (Fsp3) is 0.278. The van der Waals surface area contributed by atoms with Gasteiger partial charge in [-0.25, -0.2) is 9.67 Å². The van der Waals surface area contributed by atoms with Gasteiger partial charge in [0, 0.05) is 35.8 Å². The Morgan fingerprint density at radius 3 is 2.33 bits per heavy atom. The lowest BCUT2D eigenvalue weighted by Gasteiger charge is -2.28. The second-order valence-corrected chi connectivity index (χ2v) is 8.12. The molecule has 1 amide bonds. The summed E-state index contributed by atoms with van der Waals surface area (Å²) in [5.41, 5.74) is -2.87. The summed E-state index contributed by atoms with van der Waals surface area (Å²) >= 11 is 0.856. The minimum Gasteiger partial charge on any atom is -0.306 e. The number of amides is 1. The maximum atomic E-state index is 14.0. The Labute approximate surface area is 200 Å². The predicted molar refractivity (Wildman–Crippen MR) is 108 cm³/mol. The molecule has 18 heteroatoms. The van der Waals surface area contributed by atoms with E-state index in [4.69, 9.17) is 0 Å². The van der Waals surface area contributed by atoms with E-state index in [0.717, 1.165) is 30.8 Å². The largest absolute Gasteiger partial charge is 0.460 e. The van der Waals surface area contributed by atoms with Gasteiger partial charge in [-0.15, -0.1) is 5.10 Å². The van der Waals surface area contributed by atoms with Crippen molar-refractivity contribution < 1.29 is 40.5 Å². The van der Waals surface area contributed by atoms with Crippen LogP contribution in [0.1, 0.15) is 21.5 Å². The third kappa shape index (κ3) is 4.93. The Bertz CT molecular complexity index is 1330. The van der Waals surface area contributed by atoms with Crippen LogP contribution in [0.25, 0.3) is 0 Å². The van der Waals surface area contributed by atoms with Gasteiger partial charge in [0.15, 0.2) is 0 Å². The first-order valence-corrected chi connectivity index (χ1v) is 10.2. The van der Waals surface area contributed by atoms with Gasteiger partial charge in [0.25, 0.3) is 11.6 Å². The van der Waals surface area contributed by atoms with E-state index in [9.17, 15) is 45.6 Å². The van der Waals surface area contributed by atoms with Gasteiger partial charge < -0.3 is 5.32 Å². The topological polar surface area (TPSA) is 129 Å². The standard InChI is InChI=1S/C18H12F7N7O3S/c1-8-5-9(16(19,20)17(21,22)18(23,24)25)7-26-13(8)27-14(33)11-6-10(32(34)35)3-4-12(11)36-15-28-29-30-31(15)2/h3-7H,1-2H3,(H,26,27,33). The number of pyridine rings is 1. The molecule has 1 aromatic carbocycles. The maximum Gasteiger partial charge on any atom is 0.460 e. The highest BCUT2D eigenvalue weighted by atomic mass is 32.2. The molecule has 10 nitrogen and oxygen atoms in total. The van der Waals surface area contributed by atoms with Crippen molar-refractivity contribution in [3.05, 3.63) is 57.3 Å². The number of carbonyl (C=O) groups is 1. The first kappa shape index (κ1) is 26.8. The second-order valence-electron chi connectivity index (χ2n) is 7.11. The van der Waals surface area contributed by atoms with Crippen molar-refractivity contribution in [3.8, 4) is 0 Å². The number of alkyl halides is 7. The zero-order valence-electron chi connectivity index (χ0n) is 17.8. The van der Waals surface area contributed by atoms with Gasteiger partial charge in [-0.1, -0.05) is 0 Å². The van der Waals surface area contributed by atoms with Crippen LogP contribution in [0.3, 0.4) is 0 Å². The molecule has 0 fully saturated rings. The summed E-state index contributed by atoms with van der Waals surface area (Å²) in [5.74, 6) is -13.5. The van der Waals surface area contributed by atoms with Gasteiger partial charge in [0.2, 0.25) is 5.16 Å². The average molecular weight is 539 g/mol. The number of benzene rings is 1.